The molecule has 8 nitrogen and oxygen atoms in total. The second-order valence-electron chi connectivity index (χ2n) is 7.69. The average Bonchev–Trinajstić information content (AvgIpc) is 3.18. The van der Waals surface area contributed by atoms with Gasteiger partial charge in [0.05, 0.1) is 5.52 Å². The molecule has 35 heavy (non-hydrogen) atoms. The van der Waals surface area contributed by atoms with E-state index in [1.807, 2.05) is 48.5 Å². The fourth-order valence-corrected chi connectivity index (χ4v) is 3.93. The Morgan fingerprint density at radius 1 is 0.771 bits per heavy atom. The van der Waals surface area contributed by atoms with Crippen LogP contribution >= 0.6 is 0 Å². The topological polar surface area (TPSA) is 128 Å². The normalized spacial score (nSPS) is 11.2. The predicted molar refractivity (Wildman–Crippen MR) is 132 cm³/mol. The number of hydrogen-bond donors (Lipinski definition) is 4. The summed E-state index contributed by atoms with van der Waals surface area (Å²) < 4.78 is 4.70. The number of aromatic hydroxyl groups is 2. The number of hydrogen-bond acceptors (Lipinski definition) is 6. The molecule has 1 aromatic heterocycles. The highest BCUT2D eigenvalue weighted by molar-refractivity contribution is 6.02. The summed E-state index contributed by atoms with van der Waals surface area (Å²) >= 11 is 0. The number of azo groups is 1. The van der Waals surface area contributed by atoms with Crippen molar-refractivity contribution >= 4 is 28.4 Å². The van der Waals surface area contributed by atoms with Crippen molar-refractivity contribution in [2.75, 3.05) is 0 Å². The van der Waals surface area contributed by atoms with E-state index in [-0.39, 0.29) is 28.8 Å². The van der Waals surface area contributed by atoms with Gasteiger partial charge in [0.1, 0.15) is 11.4 Å². The minimum Gasteiger partial charge on any atom is -0.505 e. The summed E-state index contributed by atoms with van der Waals surface area (Å²) in [5, 5.41) is 39.3. The van der Waals surface area contributed by atoms with Crippen LogP contribution in [0.3, 0.4) is 0 Å². The molecular weight excluding hydrogens is 446 g/mol. The molecule has 4 N–H and O–H groups in total. The Bertz CT molecular complexity index is 1580. The molecule has 4 aromatic carbocycles. The summed E-state index contributed by atoms with van der Waals surface area (Å²) in [6.07, 6.45) is -1.43. The molecule has 0 saturated heterocycles. The number of nitrogens with one attached hydrogen (secondary N) is 1. The molecule has 5 aromatic rings. The van der Waals surface area contributed by atoms with Gasteiger partial charge in [-0.2, -0.15) is 0 Å². The molecule has 0 amide bonds. The lowest BCUT2D eigenvalue weighted by atomic mass is 10.0. The molecule has 0 aliphatic rings. The molecule has 0 aliphatic heterocycles. The van der Waals surface area contributed by atoms with E-state index in [0.29, 0.717) is 16.5 Å². The van der Waals surface area contributed by atoms with Crippen LogP contribution in [0.1, 0.15) is 0 Å². The zero-order valence-electron chi connectivity index (χ0n) is 18.2. The van der Waals surface area contributed by atoms with E-state index in [2.05, 4.69) is 15.2 Å². The highest BCUT2D eigenvalue weighted by atomic mass is 16.7. The van der Waals surface area contributed by atoms with Crippen LogP contribution in [0, 0.1) is 0 Å². The Kier molecular flexibility index (Phi) is 5.60. The van der Waals surface area contributed by atoms with Gasteiger partial charge in [-0.25, -0.2) is 4.79 Å². The van der Waals surface area contributed by atoms with Gasteiger partial charge >= 0.3 is 6.16 Å². The molecule has 0 aliphatic carbocycles. The standard InChI is InChI=1S/C27H19N3O5/c31-25-20(17-9-4-10-18(15-17)35-27(33)34)12-6-14-22(25)29-30-24-21-13-5-11-19(23(21)28-26(24)32)16-7-2-1-3-8-16/h1-15,28,31-32H,(H,33,34). The molecule has 8 heteroatoms. The van der Waals surface area contributed by atoms with Crippen LogP contribution in [0.15, 0.2) is 101 Å². The smallest absolute Gasteiger partial charge is 0.505 e. The number of phenolic OH excluding ortho intramolecular Hbond substituents is 1. The number of carbonyl (C=O) groups is 1. The first kappa shape index (κ1) is 21.7. The van der Waals surface area contributed by atoms with Gasteiger partial charge in [0.2, 0.25) is 5.88 Å². The van der Waals surface area contributed by atoms with Gasteiger partial charge in [-0.1, -0.05) is 72.8 Å². The number of H-pyrrole nitrogens is 1. The molecule has 0 bridgehead atoms. The zero-order chi connectivity index (χ0) is 24.4. The molecule has 0 unspecified atom stereocenters. The maximum absolute atomic E-state index is 10.8. The summed E-state index contributed by atoms with van der Waals surface area (Å²) in [7, 11) is 0. The van der Waals surface area contributed by atoms with Crippen molar-refractivity contribution in [2.45, 2.75) is 0 Å². The first-order valence-electron chi connectivity index (χ1n) is 10.7. The Morgan fingerprint density at radius 3 is 2.29 bits per heavy atom. The van der Waals surface area contributed by atoms with Crippen LogP contribution in [0.4, 0.5) is 16.2 Å². The second-order valence-corrected chi connectivity index (χ2v) is 7.69. The third kappa shape index (κ3) is 4.28. The summed E-state index contributed by atoms with van der Waals surface area (Å²) in [4.78, 5) is 13.8. The number of aromatic amines is 1. The van der Waals surface area contributed by atoms with Crippen LogP contribution in [0.5, 0.6) is 17.4 Å². The van der Waals surface area contributed by atoms with E-state index in [9.17, 15) is 15.0 Å². The molecule has 0 spiro atoms. The van der Waals surface area contributed by atoms with Crippen molar-refractivity contribution in [3.63, 3.8) is 0 Å². The zero-order valence-corrected chi connectivity index (χ0v) is 18.2. The monoisotopic (exact) mass is 465 g/mol. The summed E-state index contributed by atoms with van der Waals surface area (Å²) in [5.41, 5.74) is 4.01. The summed E-state index contributed by atoms with van der Waals surface area (Å²) in [6.45, 7) is 0. The van der Waals surface area contributed by atoms with E-state index in [0.717, 1.165) is 16.6 Å². The fraction of sp³-hybridized carbons (Fsp3) is 0. The third-order valence-electron chi connectivity index (χ3n) is 5.49. The number of nitrogens with zero attached hydrogens (tertiary/aromatic N) is 2. The van der Waals surface area contributed by atoms with Gasteiger partial charge in [0.15, 0.2) is 11.4 Å². The van der Waals surface area contributed by atoms with Crippen LogP contribution < -0.4 is 4.74 Å². The van der Waals surface area contributed by atoms with Gasteiger partial charge in [-0.15, -0.1) is 10.2 Å². The molecule has 0 radical (unpaired) electrons. The van der Waals surface area contributed by atoms with Crippen molar-refractivity contribution in [3.8, 4) is 39.6 Å². The number of para-hydroxylation sites is 2. The fourth-order valence-electron chi connectivity index (χ4n) is 3.93. The van der Waals surface area contributed by atoms with Crippen LogP contribution in [0.2, 0.25) is 0 Å². The number of rotatable bonds is 5. The molecule has 172 valence electrons. The number of fused-ring (bicyclic) bond motifs is 1. The lowest BCUT2D eigenvalue weighted by molar-refractivity contribution is 0.144. The molecule has 0 fully saturated rings. The SMILES string of the molecule is O=C(O)Oc1cccc(-c2cccc(N=Nc3c(O)[nH]c4c(-c5ccccc5)cccc34)c2O)c1. The minimum absolute atomic E-state index is 0.124. The van der Waals surface area contributed by atoms with Crippen molar-refractivity contribution in [3.05, 3.63) is 91.0 Å². The van der Waals surface area contributed by atoms with E-state index < -0.39 is 6.16 Å². The van der Waals surface area contributed by atoms with Gasteiger partial charge < -0.3 is 25.0 Å². The third-order valence-corrected chi connectivity index (χ3v) is 5.49. The van der Waals surface area contributed by atoms with E-state index in [1.165, 1.54) is 12.1 Å². The summed E-state index contributed by atoms with van der Waals surface area (Å²) in [5.74, 6) is -0.159. The number of benzene rings is 4. The lowest BCUT2D eigenvalue weighted by Crippen LogP contribution is -2.02. The van der Waals surface area contributed by atoms with Crippen molar-refractivity contribution in [1.29, 1.82) is 0 Å². The van der Waals surface area contributed by atoms with Crippen molar-refractivity contribution in [1.82, 2.24) is 4.98 Å². The Hall–Kier alpha value is -5.11. The van der Waals surface area contributed by atoms with Crippen molar-refractivity contribution in [2.24, 2.45) is 10.2 Å². The molecule has 0 atom stereocenters. The molecule has 1 heterocycles. The molecule has 0 saturated carbocycles. The molecule has 5 rings (SSSR count). The largest absolute Gasteiger partial charge is 0.511 e. The van der Waals surface area contributed by atoms with Gasteiger partial charge in [-0.05, 0) is 29.3 Å². The van der Waals surface area contributed by atoms with E-state index in [1.54, 1.807) is 30.3 Å². The first-order chi connectivity index (χ1) is 17.0. The maximum atomic E-state index is 10.8. The van der Waals surface area contributed by atoms with E-state index >= 15 is 0 Å². The second kappa shape index (κ2) is 9.03. The van der Waals surface area contributed by atoms with Crippen molar-refractivity contribution < 1.29 is 24.9 Å². The predicted octanol–water partition coefficient (Wildman–Crippen LogP) is 7.39. The highest BCUT2D eigenvalue weighted by Gasteiger charge is 2.15. The number of aromatic nitrogens is 1. The average molecular weight is 465 g/mol. The lowest BCUT2D eigenvalue weighted by Gasteiger charge is -2.08. The Morgan fingerprint density at radius 2 is 1.49 bits per heavy atom. The van der Waals surface area contributed by atoms with E-state index in [4.69, 9.17) is 9.84 Å². The van der Waals surface area contributed by atoms with Crippen LogP contribution in [-0.4, -0.2) is 26.5 Å². The van der Waals surface area contributed by atoms with Crippen LogP contribution in [0.25, 0.3) is 33.2 Å². The maximum Gasteiger partial charge on any atom is 0.511 e. The number of phenols is 1. The summed E-state index contributed by atoms with van der Waals surface area (Å²) in [6, 6.07) is 26.7. The number of carboxylic acid groups (broad SMARTS) is 1. The quantitative estimate of drug-likeness (QED) is 0.122. The van der Waals surface area contributed by atoms with Crippen LogP contribution in [-0.2, 0) is 0 Å². The van der Waals surface area contributed by atoms with Gasteiger partial charge in [0.25, 0.3) is 0 Å². The minimum atomic E-state index is -1.43. The first-order valence-corrected chi connectivity index (χ1v) is 10.7. The number of ether oxygens (including phenoxy) is 1. The molecular formula is C27H19N3O5. The Labute approximate surface area is 199 Å². The van der Waals surface area contributed by atoms with Gasteiger partial charge in [-0.3, -0.25) is 0 Å². The Balaban J connectivity index is 1.52. The highest BCUT2D eigenvalue weighted by Crippen LogP contribution is 2.42. The van der Waals surface area contributed by atoms with Gasteiger partial charge in [0, 0.05) is 16.5 Å².